The highest BCUT2D eigenvalue weighted by atomic mass is 32.2. The first kappa shape index (κ1) is 22.5. The van der Waals surface area contributed by atoms with Crippen molar-refractivity contribution in [1.29, 1.82) is 0 Å². The number of aromatic nitrogens is 1. The van der Waals surface area contributed by atoms with Crippen LogP contribution in [0.15, 0.2) is 42.6 Å². The van der Waals surface area contributed by atoms with Gasteiger partial charge in [-0.05, 0) is 43.7 Å². The number of aryl methyl sites for hydroxylation is 1. The maximum Gasteiger partial charge on any atom is 0.254 e. The Morgan fingerprint density at radius 3 is 2.52 bits per heavy atom. The van der Waals surface area contributed by atoms with Gasteiger partial charge in [0.15, 0.2) is 0 Å². The van der Waals surface area contributed by atoms with Gasteiger partial charge in [0.1, 0.15) is 5.75 Å². The third kappa shape index (κ3) is 7.30. The lowest BCUT2D eigenvalue weighted by atomic mass is 10.1. The van der Waals surface area contributed by atoms with Crippen molar-refractivity contribution in [2.75, 3.05) is 36.7 Å². The third-order valence-electron chi connectivity index (χ3n) is 4.30. The molecule has 156 valence electrons. The SMILES string of the molecule is CCCSNc1ccc(C(=O)N2CCN(C=O)CC2)cc1O.Cc1ccccn1. The Bertz CT molecular complexity index is 781. The fourth-order valence-corrected chi connectivity index (χ4v) is 3.28. The number of benzene rings is 1. The fraction of sp³-hybridized carbons (Fsp3) is 0.381. The molecule has 8 heteroatoms. The first-order valence-electron chi connectivity index (χ1n) is 9.62. The second kappa shape index (κ2) is 12.0. The Morgan fingerprint density at radius 1 is 1.24 bits per heavy atom. The summed E-state index contributed by atoms with van der Waals surface area (Å²) in [6.45, 7) is 6.19. The lowest BCUT2D eigenvalue weighted by Gasteiger charge is -2.32. The molecule has 1 fully saturated rings. The van der Waals surface area contributed by atoms with E-state index in [9.17, 15) is 14.7 Å². The summed E-state index contributed by atoms with van der Waals surface area (Å²) in [5, 5.41) is 10.0. The topological polar surface area (TPSA) is 85.8 Å². The molecular weight excluding hydrogens is 388 g/mol. The largest absolute Gasteiger partial charge is 0.506 e. The number of hydrogen-bond donors (Lipinski definition) is 2. The summed E-state index contributed by atoms with van der Waals surface area (Å²) >= 11 is 1.52. The number of amides is 2. The molecule has 1 aromatic carbocycles. The van der Waals surface area contributed by atoms with Crippen molar-refractivity contribution in [2.24, 2.45) is 0 Å². The van der Waals surface area contributed by atoms with E-state index in [1.54, 1.807) is 28.1 Å². The van der Waals surface area contributed by atoms with Crippen LogP contribution in [0.5, 0.6) is 5.75 Å². The molecule has 0 radical (unpaired) electrons. The van der Waals surface area contributed by atoms with Crippen LogP contribution >= 0.6 is 11.9 Å². The van der Waals surface area contributed by atoms with E-state index >= 15 is 0 Å². The minimum atomic E-state index is -0.117. The Balaban J connectivity index is 0.000000360. The number of phenols is 1. The normalized spacial score (nSPS) is 13.3. The molecule has 0 unspecified atom stereocenters. The van der Waals surface area contributed by atoms with E-state index in [1.165, 1.54) is 18.0 Å². The number of aromatic hydroxyl groups is 1. The molecule has 0 saturated carbocycles. The summed E-state index contributed by atoms with van der Waals surface area (Å²) in [6.07, 6.45) is 3.64. The summed E-state index contributed by atoms with van der Waals surface area (Å²) in [4.78, 5) is 30.4. The van der Waals surface area contributed by atoms with Crippen LogP contribution < -0.4 is 4.72 Å². The molecule has 1 aliphatic heterocycles. The van der Waals surface area contributed by atoms with E-state index in [4.69, 9.17) is 0 Å². The zero-order valence-corrected chi connectivity index (χ0v) is 17.7. The van der Waals surface area contributed by atoms with Crippen molar-refractivity contribution in [1.82, 2.24) is 14.8 Å². The van der Waals surface area contributed by atoms with Crippen molar-refractivity contribution >= 4 is 30.0 Å². The highest BCUT2D eigenvalue weighted by molar-refractivity contribution is 8.00. The Labute approximate surface area is 176 Å². The maximum absolute atomic E-state index is 12.4. The van der Waals surface area contributed by atoms with E-state index in [0.29, 0.717) is 37.4 Å². The molecule has 1 aromatic heterocycles. The van der Waals surface area contributed by atoms with Crippen molar-refractivity contribution in [2.45, 2.75) is 20.3 Å². The lowest BCUT2D eigenvalue weighted by Crippen LogP contribution is -2.48. The van der Waals surface area contributed by atoms with Crippen molar-refractivity contribution in [3.63, 3.8) is 0 Å². The highest BCUT2D eigenvalue weighted by Crippen LogP contribution is 2.27. The van der Waals surface area contributed by atoms with Gasteiger partial charge in [0.05, 0.1) is 5.69 Å². The average Bonchev–Trinajstić information content (AvgIpc) is 2.75. The van der Waals surface area contributed by atoms with Gasteiger partial charge in [0, 0.05) is 49.4 Å². The van der Waals surface area contributed by atoms with E-state index in [0.717, 1.165) is 24.3 Å². The van der Waals surface area contributed by atoms with Crippen LogP contribution in [0.3, 0.4) is 0 Å². The number of rotatable bonds is 6. The molecular formula is C21H28N4O3S. The van der Waals surface area contributed by atoms with Crippen LogP contribution in [0.25, 0.3) is 0 Å². The summed E-state index contributed by atoms with van der Waals surface area (Å²) in [5.41, 5.74) is 2.14. The van der Waals surface area contributed by atoms with Crippen LogP contribution in [0.2, 0.25) is 0 Å². The summed E-state index contributed by atoms with van der Waals surface area (Å²) < 4.78 is 3.07. The minimum Gasteiger partial charge on any atom is -0.506 e. The Morgan fingerprint density at radius 2 is 2.00 bits per heavy atom. The van der Waals surface area contributed by atoms with Gasteiger partial charge < -0.3 is 19.6 Å². The van der Waals surface area contributed by atoms with E-state index < -0.39 is 0 Å². The molecule has 0 spiro atoms. The second-order valence-electron chi connectivity index (χ2n) is 6.59. The number of pyridine rings is 1. The summed E-state index contributed by atoms with van der Waals surface area (Å²) in [5.74, 6) is 0.899. The molecule has 7 nitrogen and oxygen atoms in total. The van der Waals surface area contributed by atoms with Gasteiger partial charge in [-0.3, -0.25) is 14.6 Å². The van der Waals surface area contributed by atoms with Gasteiger partial charge in [-0.15, -0.1) is 0 Å². The number of phenolic OH excluding ortho intramolecular Hbond substituents is 1. The van der Waals surface area contributed by atoms with Gasteiger partial charge in [-0.2, -0.15) is 0 Å². The number of hydrogen-bond acceptors (Lipinski definition) is 6. The second-order valence-corrected chi connectivity index (χ2v) is 7.49. The minimum absolute atomic E-state index is 0.0704. The van der Waals surface area contributed by atoms with Gasteiger partial charge in [-0.1, -0.05) is 24.9 Å². The molecule has 1 aliphatic rings. The molecule has 0 bridgehead atoms. The van der Waals surface area contributed by atoms with Crippen LogP contribution in [-0.4, -0.2) is 64.1 Å². The van der Waals surface area contributed by atoms with Crippen LogP contribution in [0.1, 0.15) is 29.4 Å². The van der Waals surface area contributed by atoms with Crippen molar-refractivity contribution in [3.05, 3.63) is 53.9 Å². The molecule has 2 N–H and O–H groups in total. The first-order chi connectivity index (χ1) is 14.0. The van der Waals surface area contributed by atoms with Crippen LogP contribution in [0.4, 0.5) is 5.69 Å². The number of nitrogens with one attached hydrogen (secondary N) is 1. The monoisotopic (exact) mass is 416 g/mol. The molecule has 2 heterocycles. The third-order valence-corrected chi connectivity index (χ3v) is 5.27. The maximum atomic E-state index is 12.4. The van der Waals surface area contributed by atoms with Gasteiger partial charge >= 0.3 is 0 Å². The zero-order valence-electron chi connectivity index (χ0n) is 16.9. The van der Waals surface area contributed by atoms with Crippen LogP contribution in [-0.2, 0) is 4.79 Å². The number of carbonyl (C=O) groups excluding carboxylic acids is 2. The Hall–Kier alpha value is -2.74. The summed E-state index contributed by atoms with van der Waals surface area (Å²) in [7, 11) is 0. The predicted octanol–water partition coefficient (Wildman–Crippen LogP) is 3.17. The quantitative estimate of drug-likeness (QED) is 0.326. The van der Waals surface area contributed by atoms with Crippen LogP contribution in [0, 0.1) is 6.92 Å². The molecule has 0 aliphatic carbocycles. The van der Waals surface area contributed by atoms with Gasteiger partial charge in [-0.25, -0.2) is 0 Å². The fourth-order valence-electron chi connectivity index (χ4n) is 2.64. The van der Waals surface area contributed by atoms with Gasteiger partial charge in [0.25, 0.3) is 5.91 Å². The Kier molecular flexibility index (Phi) is 9.30. The highest BCUT2D eigenvalue weighted by Gasteiger charge is 2.21. The standard InChI is InChI=1S/C15H21N3O3S.C6H7N/c1-2-9-22-16-13-4-3-12(10-14(13)20)15(21)18-7-5-17(11-19)6-8-18;1-6-4-2-3-5-7-6/h3-4,10-11,16,20H,2,5-9H2,1H3;2-5H,1H3. The molecule has 1 saturated heterocycles. The molecule has 0 atom stereocenters. The van der Waals surface area contributed by atoms with Crippen molar-refractivity contribution < 1.29 is 14.7 Å². The molecule has 2 amide bonds. The van der Waals surface area contributed by atoms with E-state index in [1.807, 2.05) is 25.1 Å². The number of nitrogens with zero attached hydrogens (tertiary/aromatic N) is 3. The number of anilines is 1. The van der Waals surface area contributed by atoms with E-state index in [2.05, 4.69) is 16.6 Å². The lowest BCUT2D eigenvalue weighted by molar-refractivity contribution is -0.119. The van der Waals surface area contributed by atoms with Crippen molar-refractivity contribution in [3.8, 4) is 5.75 Å². The van der Waals surface area contributed by atoms with Gasteiger partial charge in [0.2, 0.25) is 6.41 Å². The predicted molar refractivity (Wildman–Crippen MR) is 117 cm³/mol. The zero-order chi connectivity index (χ0) is 21.1. The first-order valence-corrected chi connectivity index (χ1v) is 10.6. The number of carbonyl (C=O) groups is 2. The number of piperazine rings is 1. The van der Waals surface area contributed by atoms with E-state index in [-0.39, 0.29) is 11.7 Å². The average molecular weight is 417 g/mol. The molecule has 3 rings (SSSR count). The molecule has 29 heavy (non-hydrogen) atoms. The molecule has 2 aromatic rings. The smallest absolute Gasteiger partial charge is 0.254 e. The summed E-state index contributed by atoms with van der Waals surface area (Å²) in [6, 6.07) is 10.8.